The smallest absolute Gasteiger partial charge is 0.236 e. The van der Waals surface area contributed by atoms with Crippen LogP contribution in [0, 0.1) is 0 Å². The second-order valence-electron chi connectivity index (χ2n) is 3.30. The predicted molar refractivity (Wildman–Crippen MR) is 66.6 cm³/mol. The molecule has 5 heteroatoms. The monoisotopic (exact) mass is 284 g/mol. The number of amides is 1. The Morgan fingerprint density at radius 1 is 1.56 bits per heavy atom. The van der Waals surface area contributed by atoms with E-state index in [1.54, 1.807) is 18.2 Å². The number of nitrogens with two attached hydrogens (primary N) is 1. The average molecular weight is 285 g/mol. The summed E-state index contributed by atoms with van der Waals surface area (Å²) in [7, 11) is 0. The largest absolute Gasteiger partial charge is 0.368 e. The summed E-state index contributed by atoms with van der Waals surface area (Å²) < 4.78 is 0.711. The molecule has 1 amide bonds. The van der Waals surface area contributed by atoms with Crippen LogP contribution in [0.25, 0.3) is 0 Å². The van der Waals surface area contributed by atoms with Crippen molar-refractivity contribution < 1.29 is 9.59 Å². The third-order valence-electron chi connectivity index (χ3n) is 2.20. The van der Waals surface area contributed by atoms with Gasteiger partial charge in [0, 0.05) is 22.3 Å². The summed E-state index contributed by atoms with van der Waals surface area (Å²) in [6.45, 7) is 2.78. The normalized spacial score (nSPS) is 9.88. The molecule has 0 atom stereocenters. The van der Waals surface area contributed by atoms with Crippen molar-refractivity contribution in [2.24, 2.45) is 5.73 Å². The molecular weight excluding hydrogens is 272 g/mol. The van der Waals surface area contributed by atoms with Gasteiger partial charge in [-0.2, -0.15) is 0 Å². The zero-order valence-corrected chi connectivity index (χ0v) is 10.5. The molecule has 0 saturated carbocycles. The van der Waals surface area contributed by atoms with Crippen LogP contribution in [0.3, 0.4) is 0 Å². The molecule has 0 fully saturated rings. The van der Waals surface area contributed by atoms with E-state index in [0.29, 0.717) is 16.6 Å². The van der Waals surface area contributed by atoms with Gasteiger partial charge in [0.05, 0.1) is 6.54 Å². The zero-order chi connectivity index (χ0) is 12.1. The topological polar surface area (TPSA) is 63.4 Å². The lowest BCUT2D eigenvalue weighted by Gasteiger charge is -2.21. The number of rotatable bonds is 5. The number of anilines is 1. The number of carbonyl (C=O) groups is 2. The minimum Gasteiger partial charge on any atom is -0.368 e. The summed E-state index contributed by atoms with van der Waals surface area (Å²) in [4.78, 5) is 23.3. The highest BCUT2D eigenvalue weighted by Gasteiger charge is 2.09. The molecule has 0 aliphatic rings. The van der Waals surface area contributed by atoms with Gasteiger partial charge in [-0.3, -0.25) is 9.59 Å². The molecule has 0 bridgehead atoms. The Hall–Kier alpha value is -1.36. The Labute approximate surface area is 103 Å². The van der Waals surface area contributed by atoms with E-state index < -0.39 is 0 Å². The molecule has 0 saturated heterocycles. The van der Waals surface area contributed by atoms with Crippen molar-refractivity contribution >= 4 is 33.8 Å². The quantitative estimate of drug-likeness (QED) is 0.835. The molecular formula is C11H13BrN2O2. The molecule has 0 unspecified atom stereocenters. The van der Waals surface area contributed by atoms with E-state index in [-0.39, 0.29) is 12.5 Å². The second-order valence-corrected chi connectivity index (χ2v) is 4.16. The van der Waals surface area contributed by atoms with E-state index in [2.05, 4.69) is 15.9 Å². The molecule has 0 aliphatic heterocycles. The Morgan fingerprint density at radius 2 is 2.25 bits per heavy atom. The number of hydrogen-bond acceptors (Lipinski definition) is 3. The first kappa shape index (κ1) is 12.7. The standard InChI is InChI=1S/C11H13BrN2O2/c1-2-14(6-11(13)16)9-4-3-8(7-15)10(12)5-9/h3-5,7H,2,6H2,1H3,(H2,13,16). The first-order valence-electron chi connectivity index (χ1n) is 4.86. The molecule has 1 rings (SSSR count). The number of halogens is 1. The van der Waals surface area contributed by atoms with Crippen molar-refractivity contribution in [2.45, 2.75) is 6.92 Å². The number of carbonyl (C=O) groups excluding carboxylic acids is 2. The fourth-order valence-corrected chi connectivity index (χ4v) is 1.84. The molecule has 0 aliphatic carbocycles. The van der Waals surface area contributed by atoms with Gasteiger partial charge in [-0.15, -0.1) is 0 Å². The highest BCUT2D eigenvalue weighted by molar-refractivity contribution is 9.10. The zero-order valence-electron chi connectivity index (χ0n) is 8.94. The van der Waals surface area contributed by atoms with Crippen LogP contribution in [0.2, 0.25) is 0 Å². The van der Waals surface area contributed by atoms with E-state index in [1.807, 2.05) is 11.8 Å². The maximum absolute atomic E-state index is 10.9. The van der Waals surface area contributed by atoms with Gasteiger partial charge in [0.2, 0.25) is 5.91 Å². The van der Waals surface area contributed by atoms with Gasteiger partial charge in [0.15, 0.2) is 6.29 Å². The van der Waals surface area contributed by atoms with Gasteiger partial charge in [0.25, 0.3) is 0 Å². The third-order valence-corrected chi connectivity index (χ3v) is 2.89. The summed E-state index contributed by atoms with van der Waals surface area (Å²) in [5.74, 6) is -0.377. The van der Waals surface area contributed by atoms with Crippen molar-refractivity contribution in [1.29, 1.82) is 0 Å². The van der Waals surface area contributed by atoms with Crippen molar-refractivity contribution in [2.75, 3.05) is 18.0 Å². The lowest BCUT2D eigenvalue weighted by molar-refractivity contribution is -0.116. The third kappa shape index (κ3) is 3.06. The fourth-order valence-electron chi connectivity index (χ4n) is 1.38. The van der Waals surface area contributed by atoms with Crippen LogP contribution in [0.1, 0.15) is 17.3 Å². The first-order valence-corrected chi connectivity index (χ1v) is 5.65. The van der Waals surface area contributed by atoms with Crippen molar-refractivity contribution in [3.05, 3.63) is 28.2 Å². The minimum absolute atomic E-state index is 0.170. The maximum Gasteiger partial charge on any atom is 0.236 e. The van der Waals surface area contributed by atoms with Gasteiger partial charge in [-0.1, -0.05) is 0 Å². The van der Waals surface area contributed by atoms with Crippen LogP contribution in [0.4, 0.5) is 5.69 Å². The molecule has 1 aromatic rings. The first-order chi connectivity index (χ1) is 7.58. The predicted octanol–water partition coefficient (Wildman–Crippen LogP) is 1.57. The summed E-state index contributed by atoms with van der Waals surface area (Å²) >= 11 is 3.30. The molecule has 0 spiro atoms. The Morgan fingerprint density at radius 3 is 2.69 bits per heavy atom. The number of primary amides is 1. The average Bonchev–Trinajstić information content (AvgIpc) is 2.25. The molecule has 1 aromatic carbocycles. The summed E-state index contributed by atoms with van der Waals surface area (Å²) in [6, 6.07) is 5.30. The van der Waals surface area contributed by atoms with Crippen LogP contribution in [0.15, 0.2) is 22.7 Å². The SMILES string of the molecule is CCN(CC(N)=O)c1ccc(C=O)c(Br)c1. The number of aldehydes is 1. The molecule has 86 valence electrons. The van der Waals surface area contributed by atoms with Gasteiger partial charge in [-0.25, -0.2) is 0 Å². The molecule has 2 N–H and O–H groups in total. The van der Waals surface area contributed by atoms with Gasteiger partial charge < -0.3 is 10.6 Å². The number of nitrogens with zero attached hydrogens (tertiary/aromatic N) is 1. The molecule has 4 nitrogen and oxygen atoms in total. The fraction of sp³-hybridized carbons (Fsp3) is 0.273. The Balaban J connectivity index is 2.97. The van der Waals surface area contributed by atoms with E-state index in [9.17, 15) is 9.59 Å². The van der Waals surface area contributed by atoms with Gasteiger partial charge in [-0.05, 0) is 41.1 Å². The second kappa shape index (κ2) is 5.65. The van der Waals surface area contributed by atoms with Crippen LogP contribution in [-0.4, -0.2) is 25.3 Å². The van der Waals surface area contributed by atoms with Crippen LogP contribution < -0.4 is 10.6 Å². The number of hydrogen-bond donors (Lipinski definition) is 1. The summed E-state index contributed by atoms with van der Waals surface area (Å²) in [5.41, 5.74) is 6.59. The summed E-state index contributed by atoms with van der Waals surface area (Å²) in [6.07, 6.45) is 0.776. The Kier molecular flexibility index (Phi) is 4.49. The van der Waals surface area contributed by atoms with E-state index in [0.717, 1.165) is 12.0 Å². The summed E-state index contributed by atoms with van der Waals surface area (Å²) in [5, 5.41) is 0. The lowest BCUT2D eigenvalue weighted by atomic mass is 10.2. The van der Waals surface area contributed by atoms with Crippen molar-refractivity contribution in [1.82, 2.24) is 0 Å². The van der Waals surface area contributed by atoms with Crippen molar-refractivity contribution in [3.8, 4) is 0 Å². The molecule has 0 heterocycles. The van der Waals surface area contributed by atoms with Crippen LogP contribution in [0.5, 0.6) is 0 Å². The van der Waals surface area contributed by atoms with Crippen LogP contribution in [-0.2, 0) is 4.79 Å². The van der Waals surface area contributed by atoms with E-state index in [4.69, 9.17) is 5.73 Å². The van der Waals surface area contributed by atoms with Gasteiger partial charge in [0.1, 0.15) is 0 Å². The lowest BCUT2D eigenvalue weighted by Crippen LogP contribution is -2.33. The number of likely N-dealkylation sites (N-methyl/N-ethyl adjacent to an activating group) is 1. The molecule has 0 radical (unpaired) electrons. The van der Waals surface area contributed by atoms with E-state index in [1.165, 1.54) is 0 Å². The molecule has 16 heavy (non-hydrogen) atoms. The number of benzene rings is 1. The maximum atomic E-state index is 10.9. The van der Waals surface area contributed by atoms with Gasteiger partial charge >= 0.3 is 0 Å². The van der Waals surface area contributed by atoms with E-state index >= 15 is 0 Å². The van der Waals surface area contributed by atoms with Crippen LogP contribution >= 0.6 is 15.9 Å². The highest BCUT2D eigenvalue weighted by Crippen LogP contribution is 2.22. The Bertz CT molecular complexity index is 407. The van der Waals surface area contributed by atoms with Crippen molar-refractivity contribution in [3.63, 3.8) is 0 Å². The highest BCUT2D eigenvalue weighted by atomic mass is 79.9. The minimum atomic E-state index is -0.377. The molecule has 0 aromatic heterocycles.